The topological polar surface area (TPSA) is 94.2 Å². The van der Waals surface area contributed by atoms with Crippen molar-refractivity contribution in [3.8, 4) is 17.2 Å². The molecule has 3 aromatic carbocycles. The molecule has 0 saturated heterocycles. The second kappa shape index (κ2) is 12.3. The molecule has 0 aliphatic rings. The zero-order chi connectivity index (χ0) is 26.1. The third kappa shape index (κ3) is 6.69. The maximum atomic E-state index is 13.1. The number of rotatable bonds is 12. The molecule has 0 fully saturated rings. The highest BCUT2D eigenvalue weighted by atomic mass is 32.2. The van der Waals surface area contributed by atoms with Crippen molar-refractivity contribution in [3.63, 3.8) is 0 Å². The number of aryl methyl sites for hydroxylation is 1. The number of amides is 1. The van der Waals surface area contributed by atoms with Crippen LogP contribution in [0.1, 0.15) is 18.1 Å². The minimum absolute atomic E-state index is 0.148. The van der Waals surface area contributed by atoms with E-state index in [1.807, 2.05) is 25.1 Å². The van der Waals surface area contributed by atoms with Crippen LogP contribution >= 0.6 is 0 Å². The third-order valence-electron chi connectivity index (χ3n) is 5.57. The van der Waals surface area contributed by atoms with E-state index < -0.39 is 10.0 Å². The predicted molar refractivity (Wildman–Crippen MR) is 140 cm³/mol. The first-order valence-electron chi connectivity index (χ1n) is 11.6. The highest BCUT2D eigenvalue weighted by Crippen LogP contribution is 2.28. The lowest BCUT2D eigenvalue weighted by atomic mass is 10.1. The maximum Gasteiger partial charge on any atom is 0.264 e. The highest BCUT2D eigenvalue weighted by Gasteiger charge is 2.23. The summed E-state index contributed by atoms with van der Waals surface area (Å²) in [5.41, 5.74) is 2.51. The second-order valence-electron chi connectivity index (χ2n) is 8.05. The normalized spacial score (nSPS) is 11.0. The van der Waals surface area contributed by atoms with Crippen molar-refractivity contribution in [1.82, 2.24) is 5.32 Å². The fourth-order valence-corrected chi connectivity index (χ4v) is 5.09. The molecular formula is C27H32N2O6S. The molecule has 8 nitrogen and oxygen atoms in total. The van der Waals surface area contributed by atoms with Crippen LogP contribution in [0.4, 0.5) is 5.69 Å². The first-order chi connectivity index (χ1) is 17.3. The van der Waals surface area contributed by atoms with Gasteiger partial charge in [0.2, 0.25) is 0 Å². The monoisotopic (exact) mass is 512 g/mol. The van der Waals surface area contributed by atoms with E-state index in [2.05, 4.69) is 5.32 Å². The van der Waals surface area contributed by atoms with Crippen LogP contribution in [0.15, 0.2) is 71.6 Å². The number of carbonyl (C=O) groups excluding carboxylic acids is 1. The van der Waals surface area contributed by atoms with Crippen molar-refractivity contribution in [3.05, 3.63) is 77.9 Å². The van der Waals surface area contributed by atoms with Gasteiger partial charge in [0.05, 0.1) is 24.8 Å². The van der Waals surface area contributed by atoms with Crippen LogP contribution in [0.25, 0.3) is 0 Å². The molecular weight excluding hydrogens is 480 g/mol. The van der Waals surface area contributed by atoms with E-state index in [1.165, 1.54) is 4.31 Å². The van der Waals surface area contributed by atoms with Crippen molar-refractivity contribution in [1.29, 1.82) is 0 Å². The zero-order valence-electron chi connectivity index (χ0n) is 21.0. The van der Waals surface area contributed by atoms with Gasteiger partial charge in [-0.2, -0.15) is 0 Å². The molecule has 1 amide bonds. The molecule has 9 heteroatoms. The Balaban J connectivity index is 1.52. The quantitative estimate of drug-likeness (QED) is 0.395. The Kier molecular flexibility index (Phi) is 9.19. The summed E-state index contributed by atoms with van der Waals surface area (Å²) < 4.78 is 43.6. The molecule has 1 N–H and O–H groups in total. The number of hydrogen-bond donors (Lipinski definition) is 1. The van der Waals surface area contributed by atoms with Gasteiger partial charge in [-0.1, -0.05) is 23.8 Å². The Bertz CT molecular complexity index is 1260. The third-order valence-corrected chi connectivity index (χ3v) is 7.49. The first kappa shape index (κ1) is 26.9. The van der Waals surface area contributed by atoms with Crippen LogP contribution in [0.5, 0.6) is 17.2 Å². The number of ether oxygens (including phenoxy) is 3. The summed E-state index contributed by atoms with van der Waals surface area (Å²) in [5.74, 6) is 1.51. The fraction of sp³-hybridized carbons (Fsp3) is 0.296. The average Bonchev–Trinajstić information content (AvgIpc) is 2.88. The van der Waals surface area contributed by atoms with E-state index in [0.717, 1.165) is 11.1 Å². The maximum absolute atomic E-state index is 13.1. The van der Waals surface area contributed by atoms with Crippen LogP contribution in [0.3, 0.4) is 0 Å². The number of nitrogens with one attached hydrogen (secondary N) is 1. The van der Waals surface area contributed by atoms with Gasteiger partial charge in [0, 0.05) is 13.1 Å². The summed E-state index contributed by atoms with van der Waals surface area (Å²) in [6.07, 6.45) is 0.628. The Labute approximate surface area is 212 Å². The molecule has 0 saturated carbocycles. The summed E-state index contributed by atoms with van der Waals surface area (Å²) in [7, 11) is -0.527. The highest BCUT2D eigenvalue weighted by molar-refractivity contribution is 7.92. The van der Waals surface area contributed by atoms with E-state index in [4.69, 9.17) is 14.2 Å². The van der Waals surface area contributed by atoms with Gasteiger partial charge in [-0.15, -0.1) is 0 Å². The van der Waals surface area contributed by atoms with Gasteiger partial charge in [0.15, 0.2) is 18.1 Å². The number of carbonyl (C=O) groups is 1. The van der Waals surface area contributed by atoms with Crippen LogP contribution in [-0.2, 0) is 21.2 Å². The van der Waals surface area contributed by atoms with Gasteiger partial charge in [-0.25, -0.2) is 8.42 Å². The number of methoxy groups -OCH3 is 2. The molecule has 0 unspecified atom stereocenters. The van der Waals surface area contributed by atoms with Crippen molar-refractivity contribution in [2.45, 2.75) is 25.2 Å². The number of hydrogen-bond acceptors (Lipinski definition) is 6. The Morgan fingerprint density at radius 3 is 2.19 bits per heavy atom. The van der Waals surface area contributed by atoms with Crippen LogP contribution in [0.2, 0.25) is 0 Å². The minimum atomic E-state index is -3.69. The van der Waals surface area contributed by atoms with Gasteiger partial charge in [0.1, 0.15) is 5.75 Å². The molecule has 0 aromatic heterocycles. The lowest BCUT2D eigenvalue weighted by Gasteiger charge is -2.23. The lowest BCUT2D eigenvalue weighted by molar-refractivity contribution is -0.123. The Morgan fingerprint density at radius 2 is 1.58 bits per heavy atom. The number of benzene rings is 3. The van der Waals surface area contributed by atoms with Gasteiger partial charge >= 0.3 is 0 Å². The van der Waals surface area contributed by atoms with Crippen LogP contribution < -0.4 is 23.8 Å². The number of anilines is 1. The molecule has 0 aliphatic heterocycles. The van der Waals surface area contributed by atoms with Gasteiger partial charge < -0.3 is 19.5 Å². The largest absolute Gasteiger partial charge is 0.493 e. The summed E-state index contributed by atoms with van der Waals surface area (Å²) in [6, 6.07) is 19.0. The molecule has 36 heavy (non-hydrogen) atoms. The van der Waals surface area contributed by atoms with Crippen LogP contribution in [-0.4, -0.2) is 48.2 Å². The molecule has 192 valence electrons. The first-order valence-corrected chi connectivity index (χ1v) is 13.0. The molecule has 0 radical (unpaired) electrons. The number of sulfonamides is 1. The fourth-order valence-electron chi connectivity index (χ4n) is 3.62. The van der Waals surface area contributed by atoms with E-state index in [0.29, 0.717) is 35.9 Å². The lowest BCUT2D eigenvalue weighted by Crippen LogP contribution is -2.31. The van der Waals surface area contributed by atoms with Crippen LogP contribution in [0, 0.1) is 6.92 Å². The smallest absolute Gasteiger partial charge is 0.264 e. The summed E-state index contributed by atoms with van der Waals surface area (Å²) in [6.45, 7) is 4.26. The van der Waals surface area contributed by atoms with Gasteiger partial charge in [-0.05, 0) is 74.4 Å². The van der Waals surface area contributed by atoms with E-state index in [1.54, 1.807) is 69.7 Å². The van der Waals surface area contributed by atoms with E-state index in [-0.39, 0.29) is 24.0 Å². The minimum Gasteiger partial charge on any atom is -0.493 e. The van der Waals surface area contributed by atoms with E-state index >= 15 is 0 Å². The molecule has 0 bridgehead atoms. The Hall–Kier alpha value is -3.72. The Morgan fingerprint density at radius 1 is 0.917 bits per heavy atom. The predicted octanol–water partition coefficient (Wildman–Crippen LogP) is 3.97. The van der Waals surface area contributed by atoms with Crippen molar-refractivity contribution < 1.29 is 27.4 Å². The standard InChI is InChI=1S/C27H32N2O6S/c1-5-29(36(31,32)24-13-6-20(2)7-14-24)22-9-11-23(12-10-22)35-19-27(30)28-17-16-21-8-15-25(33-3)26(18-21)34-4/h6-15,18H,5,16-17,19H2,1-4H3,(H,28,30). The summed E-state index contributed by atoms with van der Waals surface area (Å²) in [5, 5.41) is 2.82. The molecule has 3 rings (SSSR count). The SMILES string of the molecule is CCN(c1ccc(OCC(=O)NCCc2ccc(OC)c(OC)c2)cc1)S(=O)(=O)c1ccc(C)cc1. The average molecular weight is 513 g/mol. The molecule has 3 aromatic rings. The van der Waals surface area contributed by atoms with Gasteiger partial charge in [-0.3, -0.25) is 9.10 Å². The van der Waals surface area contributed by atoms with E-state index in [9.17, 15) is 13.2 Å². The zero-order valence-corrected chi connectivity index (χ0v) is 21.8. The van der Waals surface area contributed by atoms with Gasteiger partial charge in [0.25, 0.3) is 15.9 Å². The summed E-state index contributed by atoms with van der Waals surface area (Å²) >= 11 is 0. The molecule has 0 aliphatic carbocycles. The second-order valence-corrected chi connectivity index (χ2v) is 9.92. The molecule has 0 atom stereocenters. The summed E-state index contributed by atoms with van der Waals surface area (Å²) in [4.78, 5) is 12.4. The van der Waals surface area contributed by atoms with Crippen molar-refractivity contribution in [2.75, 3.05) is 38.2 Å². The molecule has 0 spiro atoms. The van der Waals surface area contributed by atoms with Crippen molar-refractivity contribution in [2.24, 2.45) is 0 Å². The van der Waals surface area contributed by atoms with Crippen molar-refractivity contribution >= 4 is 21.6 Å². The molecule has 0 heterocycles. The number of nitrogens with zero attached hydrogens (tertiary/aromatic N) is 1.